The van der Waals surface area contributed by atoms with E-state index in [2.05, 4.69) is 0 Å². The second-order valence-electron chi connectivity index (χ2n) is 6.87. The Balaban J connectivity index is 2.62. The minimum atomic E-state index is -4.24. The Morgan fingerprint density at radius 1 is 1.13 bits per heavy atom. The average Bonchev–Trinajstić information content (AvgIpc) is 2.74. The van der Waals surface area contributed by atoms with Crippen molar-refractivity contribution in [1.29, 1.82) is 0 Å². The zero-order chi connectivity index (χ0) is 22.3. The van der Waals surface area contributed by atoms with Gasteiger partial charge in [0.2, 0.25) is 10.0 Å². The minimum absolute atomic E-state index is 0.0698. The molecule has 0 fully saturated rings. The van der Waals surface area contributed by atoms with Crippen LogP contribution in [0.2, 0.25) is 0 Å². The van der Waals surface area contributed by atoms with Crippen LogP contribution in [0, 0.1) is 16.0 Å². The van der Waals surface area contributed by atoms with E-state index in [-0.39, 0.29) is 29.7 Å². The number of benzene rings is 2. The zero-order valence-electron chi connectivity index (χ0n) is 17.2. The molecule has 9 heteroatoms. The number of nitro groups is 1. The number of carbonyl (C=O) groups is 1. The van der Waals surface area contributed by atoms with Crippen LogP contribution in [-0.4, -0.2) is 36.3 Å². The van der Waals surface area contributed by atoms with E-state index in [9.17, 15) is 23.3 Å². The number of esters is 1. The molecule has 0 radical (unpaired) electrons. The number of hydrogen-bond acceptors (Lipinski definition) is 6. The number of nitro benzene ring substituents is 1. The van der Waals surface area contributed by atoms with Crippen molar-refractivity contribution >= 4 is 21.7 Å². The molecule has 2 rings (SSSR count). The van der Waals surface area contributed by atoms with Gasteiger partial charge in [-0.25, -0.2) is 8.42 Å². The number of rotatable bonds is 10. The summed E-state index contributed by atoms with van der Waals surface area (Å²) in [6, 6.07) is 12.6. The second kappa shape index (κ2) is 10.3. The monoisotopic (exact) mass is 434 g/mol. The van der Waals surface area contributed by atoms with Crippen molar-refractivity contribution in [2.45, 2.75) is 44.7 Å². The van der Waals surface area contributed by atoms with E-state index in [4.69, 9.17) is 4.74 Å². The first-order valence-electron chi connectivity index (χ1n) is 9.69. The lowest BCUT2D eigenvalue weighted by atomic mass is 9.99. The van der Waals surface area contributed by atoms with Gasteiger partial charge in [0.25, 0.3) is 5.69 Å². The van der Waals surface area contributed by atoms with E-state index in [0.29, 0.717) is 12.0 Å². The number of nitrogens with zero attached hydrogens (tertiary/aromatic N) is 2. The molecule has 2 aromatic carbocycles. The highest BCUT2D eigenvalue weighted by Crippen LogP contribution is 2.28. The third kappa shape index (κ3) is 5.43. The minimum Gasteiger partial charge on any atom is -0.465 e. The normalized spacial score (nSPS) is 13.6. The third-order valence-electron chi connectivity index (χ3n) is 4.84. The van der Waals surface area contributed by atoms with Crippen LogP contribution in [0.3, 0.4) is 0 Å². The molecule has 0 N–H and O–H groups in total. The quantitative estimate of drug-likeness (QED) is 0.320. The highest BCUT2D eigenvalue weighted by molar-refractivity contribution is 7.89. The Hall–Kier alpha value is -2.78. The smallest absolute Gasteiger partial charge is 0.324 e. The molecule has 0 saturated heterocycles. The number of carbonyl (C=O) groups excluding carboxylic acids is 1. The molecule has 2 aromatic rings. The molecule has 0 amide bonds. The van der Waals surface area contributed by atoms with E-state index < -0.39 is 27.0 Å². The number of hydrogen-bond donors (Lipinski definition) is 0. The first-order chi connectivity index (χ1) is 14.2. The maximum atomic E-state index is 13.6. The fraction of sp³-hybridized carbons (Fsp3) is 0.381. The molecule has 162 valence electrons. The predicted molar refractivity (Wildman–Crippen MR) is 112 cm³/mol. The molecule has 0 aliphatic rings. The van der Waals surface area contributed by atoms with Gasteiger partial charge in [-0.3, -0.25) is 14.9 Å². The molecular weight excluding hydrogens is 408 g/mol. The molecule has 0 unspecified atom stereocenters. The molecule has 0 spiro atoms. The summed E-state index contributed by atoms with van der Waals surface area (Å²) < 4.78 is 33.4. The Labute approximate surface area is 176 Å². The average molecular weight is 435 g/mol. The Kier molecular flexibility index (Phi) is 8.08. The van der Waals surface area contributed by atoms with Crippen molar-refractivity contribution in [2.75, 3.05) is 6.61 Å². The summed E-state index contributed by atoms with van der Waals surface area (Å²) in [6.45, 7) is 5.34. The lowest BCUT2D eigenvalue weighted by molar-refractivity contribution is -0.385. The molecule has 30 heavy (non-hydrogen) atoms. The molecule has 0 bridgehead atoms. The summed E-state index contributed by atoms with van der Waals surface area (Å²) in [5.74, 6) is -0.974. The third-order valence-corrected chi connectivity index (χ3v) is 6.66. The van der Waals surface area contributed by atoms with Crippen LogP contribution in [0.4, 0.5) is 5.69 Å². The number of ether oxygens (including phenoxy) is 1. The highest BCUT2D eigenvalue weighted by Gasteiger charge is 2.40. The van der Waals surface area contributed by atoms with Crippen LogP contribution in [-0.2, 0) is 26.1 Å². The van der Waals surface area contributed by atoms with E-state index in [0.717, 1.165) is 10.4 Å². The van der Waals surface area contributed by atoms with E-state index in [1.54, 1.807) is 44.2 Å². The van der Waals surface area contributed by atoms with Gasteiger partial charge in [0.05, 0.1) is 16.4 Å². The number of non-ortho nitro benzene ring substituents is 1. The molecule has 0 aromatic heterocycles. The fourth-order valence-corrected chi connectivity index (χ4v) is 4.78. The summed E-state index contributed by atoms with van der Waals surface area (Å²) in [6.07, 6.45) is 0.541. The van der Waals surface area contributed by atoms with Gasteiger partial charge in [0, 0.05) is 18.7 Å². The second-order valence-corrected chi connectivity index (χ2v) is 8.76. The van der Waals surface area contributed by atoms with Crippen molar-refractivity contribution in [3.63, 3.8) is 0 Å². The van der Waals surface area contributed by atoms with E-state index >= 15 is 0 Å². The summed E-state index contributed by atoms with van der Waals surface area (Å²) in [4.78, 5) is 23.0. The summed E-state index contributed by atoms with van der Waals surface area (Å²) >= 11 is 0. The van der Waals surface area contributed by atoms with Gasteiger partial charge >= 0.3 is 5.97 Å². The Morgan fingerprint density at radius 3 is 2.37 bits per heavy atom. The molecular formula is C21H26N2O6S. The fourth-order valence-electron chi connectivity index (χ4n) is 3.07. The largest absolute Gasteiger partial charge is 0.465 e. The van der Waals surface area contributed by atoms with Crippen LogP contribution in [0.15, 0.2) is 59.5 Å². The maximum absolute atomic E-state index is 13.6. The van der Waals surface area contributed by atoms with Crippen molar-refractivity contribution in [2.24, 2.45) is 5.92 Å². The summed E-state index contributed by atoms with van der Waals surface area (Å²) in [5, 5.41) is 11.1. The molecule has 0 aliphatic heterocycles. The van der Waals surface area contributed by atoms with Crippen LogP contribution >= 0.6 is 0 Å². The van der Waals surface area contributed by atoms with Crippen LogP contribution in [0.25, 0.3) is 0 Å². The predicted octanol–water partition coefficient (Wildman–Crippen LogP) is 3.76. The zero-order valence-corrected chi connectivity index (χ0v) is 18.0. The lowest BCUT2D eigenvalue weighted by Gasteiger charge is -2.33. The topological polar surface area (TPSA) is 107 Å². The van der Waals surface area contributed by atoms with Gasteiger partial charge in [0.15, 0.2) is 0 Å². The summed E-state index contributed by atoms with van der Waals surface area (Å²) in [5.41, 5.74) is 0.344. The SMILES string of the molecule is CCOC(=O)[C@H]([C@H](C)CC)N(Cc1ccccc1)S(=O)(=O)c1cccc([N+](=O)[O-])c1. The van der Waals surface area contributed by atoms with Crippen molar-refractivity contribution in [3.05, 3.63) is 70.3 Å². The molecule has 0 heterocycles. The maximum Gasteiger partial charge on any atom is 0.324 e. The van der Waals surface area contributed by atoms with Gasteiger partial charge in [-0.2, -0.15) is 4.31 Å². The number of sulfonamides is 1. The molecule has 0 saturated carbocycles. The van der Waals surface area contributed by atoms with Gasteiger partial charge < -0.3 is 4.74 Å². The van der Waals surface area contributed by atoms with Crippen LogP contribution < -0.4 is 0 Å². The highest BCUT2D eigenvalue weighted by atomic mass is 32.2. The first kappa shape index (κ1) is 23.5. The molecule has 8 nitrogen and oxygen atoms in total. The van der Waals surface area contributed by atoms with Crippen molar-refractivity contribution in [3.8, 4) is 0 Å². The van der Waals surface area contributed by atoms with Crippen molar-refractivity contribution in [1.82, 2.24) is 4.31 Å². The van der Waals surface area contributed by atoms with E-state index in [1.807, 2.05) is 6.92 Å². The molecule has 0 aliphatic carbocycles. The van der Waals surface area contributed by atoms with Gasteiger partial charge in [0.1, 0.15) is 6.04 Å². The van der Waals surface area contributed by atoms with E-state index in [1.165, 1.54) is 18.2 Å². The summed E-state index contributed by atoms with van der Waals surface area (Å²) in [7, 11) is -4.24. The van der Waals surface area contributed by atoms with Gasteiger partial charge in [-0.15, -0.1) is 0 Å². The van der Waals surface area contributed by atoms with Crippen LogP contribution in [0.1, 0.15) is 32.8 Å². The Bertz CT molecular complexity index is 978. The van der Waals surface area contributed by atoms with Gasteiger partial charge in [-0.05, 0) is 24.5 Å². The first-order valence-corrected chi connectivity index (χ1v) is 11.1. The van der Waals surface area contributed by atoms with Gasteiger partial charge in [-0.1, -0.05) is 56.7 Å². The standard InChI is InChI=1S/C21H26N2O6S/c1-4-16(3)20(21(24)29-5-2)22(15-17-10-7-6-8-11-17)30(27,28)19-13-9-12-18(14-19)23(25)26/h6-14,16,20H,4-5,15H2,1-3H3/t16-,20+/m1/s1. The van der Waals surface area contributed by atoms with Crippen molar-refractivity contribution < 1.29 is 22.9 Å². The lowest BCUT2D eigenvalue weighted by Crippen LogP contribution is -2.48. The van der Waals surface area contributed by atoms with Crippen LogP contribution in [0.5, 0.6) is 0 Å². The Morgan fingerprint density at radius 2 is 1.80 bits per heavy atom. The molecule has 2 atom stereocenters.